The maximum Gasteiger partial charge on any atom is 0.319 e. The van der Waals surface area contributed by atoms with Crippen LogP contribution in [0.1, 0.15) is 23.4 Å². The number of anilines is 1. The summed E-state index contributed by atoms with van der Waals surface area (Å²) < 4.78 is 1.06. The summed E-state index contributed by atoms with van der Waals surface area (Å²) in [5.74, 6) is 0. The van der Waals surface area contributed by atoms with Gasteiger partial charge in [0.05, 0.1) is 10.3 Å². The van der Waals surface area contributed by atoms with Crippen LogP contribution in [-0.4, -0.2) is 6.03 Å². The van der Waals surface area contributed by atoms with Crippen molar-refractivity contribution in [1.82, 2.24) is 5.32 Å². The molecule has 1 atom stereocenters. The number of nitrogens with one attached hydrogen (secondary N) is 2. The van der Waals surface area contributed by atoms with E-state index in [1.165, 1.54) is 0 Å². The van der Waals surface area contributed by atoms with Crippen LogP contribution in [-0.2, 0) is 6.54 Å². The van der Waals surface area contributed by atoms with Gasteiger partial charge in [0.25, 0.3) is 0 Å². The van der Waals surface area contributed by atoms with E-state index in [-0.39, 0.29) is 12.1 Å². The van der Waals surface area contributed by atoms with Gasteiger partial charge in [0.15, 0.2) is 0 Å². The Morgan fingerprint density at radius 3 is 2.55 bits per heavy atom. The molecule has 1 unspecified atom stereocenters. The number of hydrogen-bond donors (Lipinski definition) is 3. The highest BCUT2D eigenvalue weighted by molar-refractivity contribution is 9.11. The van der Waals surface area contributed by atoms with Crippen molar-refractivity contribution >= 4 is 39.0 Å². The standard InChI is InChI=1S/C14H16BrN3OS/c1-9(16)10-2-4-11(5-3-10)18-14(19)17-8-12-6-7-13(15)20-12/h2-7,9H,8,16H2,1H3,(H2,17,18,19). The highest BCUT2D eigenvalue weighted by Gasteiger charge is 2.04. The van der Waals surface area contributed by atoms with E-state index in [1.54, 1.807) is 11.3 Å². The normalized spacial score (nSPS) is 11.9. The second kappa shape index (κ2) is 6.88. The largest absolute Gasteiger partial charge is 0.333 e. The van der Waals surface area contributed by atoms with Crippen molar-refractivity contribution in [2.45, 2.75) is 19.5 Å². The highest BCUT2D eigenvalue weighted by Crippen LogP contribution is 2.21. The van der Waals surface area contributed by atoms with E-state index < -0.39 is 0 Å². The van der Waals surface area contributed by atoms with Gasteiger partial charge >= 0.3 is 6.03 Å². The van der Waals surface area contributed by atoms with Gasteiger partial charge in [-0.1, -0.05) is 12.1 Å². The SMILES string of the molecule is CC(N)c1ccc(NC(=O)NCc2ccc(Br)s2)cc1. The minimum Gasteiger partial charge on any atom is -0.333 e. The quantitative estimate of drug-likeness (QED) is 0.781. The van der Waals surface area contributed by atoms with E-state index in [0.717, 1.165) is 19.9 Å². The summed E-state index contributed by atoms with van der Waals surface area (Å²) in [6, 6.07) is 11.2. The molecular formula is C14H16BrN3OS. The Bertz CT molecular complexity index is 580. The molecule has 0 bridgehead atoms. The molecule has 106 valence electrons. The van der Waals surface area contributed by atoms with Gasteiger partial charge in [0.2, 0.25) is 0 Å². The summed E-state index contributed by atoms with van der Waals surface area (Å²) in [5, 5.41) is 5.60. The van der Waals surface area contributed by atoms with Crippen molar-refractivity contribution in [3.63, 3.8) is 0 Å². The first-order chi connectivity index (χ1) is 9.54. The number of hydrogen-bond acceptors (Lipinski definition) is 3. The second-order valence-corrected chi connectivity index (χ2v) is 6.97. The van der Waals surface area contributed by atoms with Crippen molar-refractivity contribution < 1.29 is 4.79 Å². The van der Waals surface area contributed by atoms with E-state index >= 15 is 0 Å². The molecular weight excluding hydrogens is 338 g/mol. The molecule has 4 N–H and O–H groups in total. The molecule has 0 aliphatic carbocycles. The van der Waals surface area contributed by atoms with Gasteiger partial charge in [-0.15, -0.1) is 11.3 Å². The number of thiophene rings is 1. The molecule has 4 nitrogen and oxygen atoms in total. The van der Waals surface area contributed by atoms with E-state index in [0.29, 0.717) is 6.54 Å². The lowest BCUT2D eigenvalue weighted by Gasteiger charge is -2.09. The van der Waals surface area contributed by atoms with Gasteiger partial charge in [-0.25, -0.2) is 4.79 Å². The van der Waals surface area contributed by atoms with Crippen LogP contribution in [0.15, 0.2) is 40.2 Å². The zero-order valence-corrected chi connectivity index (χ0v) is 13.4. The molecule has 2 amide bonds. The lowest BCUT2D eigenvalue weighted by Crippen LogP contribution is -2.27. The lowest BCUT2D eigenvalue weighted by molar-refractivity contribution is 0.252. The Morgan fingerprint density at radius 1 is 1.30 bits per heavy atom. The molecule has 0 saturated heterocycles. The monoisotopic (exact) mass is 353 g/mol. The van der Waals surface area contributed by atoms with Gasteiger partial charge in [-0.3, -0.25) is 0 Å². The Kier molecular flexibility index (Phi) is 5.17. The number of nitrogens with two attached hydrogens (primary N) is 1. The molecule has 1 aromatic carbocycles. The smallest absolute Gasteiger partial charge is 0.319 e. The van der Waals surface area contributed by atoms with Crippen molar-refractivity contribution in [2.24, 2.45) is 5.73 Å². The van der Waals surface area contributed by atoms with Gasteiger partial charge in [-0.2, -0.15) is 0 Å². The predicted molar refractivity (Wildman–Crippen MR) is 86.9 cm³/mol. The second-order valence-electron chi connectivity index (χ2n) is 4.42. The van der Waals surface area contributed by atoms with Crippen LogP contribution in [0, 0.1) is 0 Å². The highest BCUT2D eigenvalue weighted by atomic mass is 79.9. The van der Waals surface area contributed by atoms with Crippen molar-refractivity contribution in [2.75, 3.05) is 5.32 Å². The third-order valence-electron chi connectivity index (χ3n) is 2.75. The van der Waals surface area contributed by atoms with Crippen LogP contribution in [0.25, 0.3) is 0 Å². The van der Waals surface area contributed by atoms with Crippen LogP contribution in [0.4, 0.5) is 10.5 Å². The molecule has 0 fully saturated rings. The molecule has 1 aromatic heterocycles. The summed E-state index contributed by atoms with van der Waals surface area (Å²) >= 11 is 4.99. The van der Waals surface area contributed by atoms with E-state index in [9.17, 15) is 4.79 Å². The first-order valence-corrected chi connectivity index (χ1v) is 7.80. The van der Waals surface area contributed by atoms with Crippen LogP contribution >= 0.6 is 27.3 Å². The fraction of sp³-hybridized carbons (Fsp3) is 0.214. The first-order valence-electron chi connectivity index (χ1n) is 6.19. The fourth-order valence-electron chi connectivity index (χ4n) is 1.66. The molecule has 0 aliphatic heterocycles. The lowest BCUT2D eigenvalue weighted by atomic mass is 10.1. The molecule has 20 heavy (non-hydrogen) atoms. The zero-order chi connectivity index (χ0) is 14.5. The summed E-state index contributed by atoms with van der Waals surface area (Å²) in [5.41, 5.74) is 7.57. The Hall–Kier alpha value is -1.37. The summed E-state index contributed by atoms with van der Waals surface area (Å²) in [4.78, 5) is 12.9. The van der Waals surface area contributed by atoms with E-state index in [2.05, 4.69) is 26.6 Å². The van der Waals surface area contributed by atoms with Gasteiger partial charge < -0.3 is 16.4 Å². The third-order valence-corrected chi connectivity index (χ3v) is 4.37. The van der Waals surface area contributed by atoms with E-state index in [4.69, 9.17) is 5.73 Å². The van der Waals surface area contributed by atoms with Crippen molar-refractivity contribution in [3.05, 3.63) is 50.6 Å². The summed E-state index contributed by atoms with van der Waals surface area (Å²) in [6.45, 7) is 2.44. The van der Waals surface area contributed by atoms with Crippen molar-refractivity contribution in [1.29, 1.82) is 0 Å². The molecule has 2 rings (SSSR count). The first kappa shape index (κ1) is 15.0. The Labute approximate surface area is 130 Å². The number of carbonyl (C=O) groups is 1. The van der Waals surface area contributed by atoms with Gasteiger partial charge in [-0.05, 0) is 52.7 Å². The molecule has 6 heteroatoms. The maximum atomic E-state index is 11.8. The number of amides is 2. The molecule has 1 heterocycles. The average molecular weight is 354 g/mol. The molecule has 2 aromatic rings. The number of carbonyl (C=O) groups excluding carboxylic acids is 1. The zero-order valence-electron chi connectivity index (χ0n) is 11.0. The van der Waals surface area contributed by atoms with Crippen molar-refractivity contribution in [3.8, 4) is 0 Å². The average Bonchev–Trinajstić information content (AvgIpc) is 2.83. The van der Waals surface area contributed by atoms with Gasteiger partial charge in [0.1, 0.15) is 0 Å². The maximum absolute atomic E-state index is 11.8. The molecule has 0 radical (unpaired) electrons. The molecule has 0 aliphatic rings. The number of urea groups is 1. The predicted octanol–water partition coefficient (Wildman–Crippen LogP) is 3.85. The topological polar surface area (TPSA) is 67.1 Å². The number of halogens is 1. The van der Waals surface area contributed by atoms with Crippen LogP contribution in [0.3, 0.4) is 0 Å². The van der Waals surface area contributed by atoms with E-state index in [1.807, 2.05) is 43.3 Å². The van der Waals surface area contributed by atoms with Gasteiger partial charge in [0, 0.05) is 16.6 Å². The molecule has 0 saturated carbocycles. The summed E-state index contributed by atoms with van der Waals surface area (Å²) in [7, 11) is 0. The number of rotatable bonds is 4. The fourth-order valence-corrected chi connectivity index (χ4v) is 3.08. The molecule has 0 spiro atoms. The Morgan fingerprint density at radius 2 is 2.00 bits per heavy atom. The Balaban J connectivity index is 1.84. The van der Waals surface area contributed by atoms with Crippen LogP contribution in [0.5, 0.6) is 0 Å². The summed E-state index contributed by atoms with van der Waals surface area (Å²) in [6.07, 6.45) is 0. The van der Waals surface area contributed by atoms with Crippen LogP contribution < -0.4 is 16.4 Å². The number of benzene rings is 1. The van der Waals surface area contributed by atoms with Crippen LogP contribution in [0.2, 0.25) is 0 Å². The minimum atomic E-state index is -0.219. The minimum absolute atomic E-state index is 0.00449. The third kappa shape index (κ3) is 4.33.